The van der Waals surface area contributed by atoms with Gasteiger partial charge in [-0.15, -0.1) is 0 Å². The number of pyridine rings is 1. The second kappa shape index (κ2) is 11.6. The number of nitrogens with zero attached hydrogens (tertiary/aromatic N) is 5. The summed E-state index contributed by atoms with van der Waals surface area (Å²) < 4.78 is 27.8. The third kappa shape index (κ3) is 5.92. The van der Waals surface area contributed by atoms with Gasteiger partial charge in [-0.3, -0.25) is 4.90 Å². The van der Waals surface area contributed by atoms with Gasteiger partial charge in [-0.2, -0.15) is 5.26 Å². The molecule has 2 aliphatic rings. The molecule has 2 fully saturated rings. The van der Waals surface area contributed by atoms with E-state index in [2.05, 4.69) is 16.0 Å². The average molecular weight is 556 g/mol. The summed E-state index contributed by atoms with van der Waals surface area (Å²) in [5, 5.41) is 18.4. The number of carbonyl (C=O) groups is 1. The number of hydrogen-bond donors (Lipinski definition) is 1. The summed E-state index contributed by atoms with van der Waals surface area (Å²) in [5.41, 5.74) is 3.18. The zero-order chi connectivity index (χ0) is 28.3. The fraction of sp³-hybridized carbons (Fsp3) is 0.355. The fourth-order valence-electron chi connectivity index (χ4n) is 5.49. The van der Waals surface area contributed by atoms with Crippen molar-refractivity contribution < 1.29 is 23.8 Å². The van der Waals surface area contributed by atoms with E-state index >= 15 is 0 Å². The topological polar surface area (TPSA) is 114 Å². The first kappa shape index (κ1) is 26.9. The minimum absolute atomic E-state index is 0.00814. The molecule has 0 bridgehead atoms. The van der Waals surface area contributed by atoms with E-state index < -0.39 is 11.8 Å². The molecule has 0 spiro atoms. The Kier molecular flexibility index (Phi) is 7.63. The van der Waals surface area contributed by atoms with Crippen LogP contribution in [0.3, 0.4) is 0 Å². The normalized spacial score (nSPS) is 17.7. The molecular formula is C31H30FN5O4. The highest BCUT2D eigenvalue weighted by atomic mass is 19.1. The smallest absolute Gasteiger partial charge is 0.354 e. The Morgan fingerprint density at radius 2 is 1.95 bits per heavy atom. The van der Waals surface area contributed by atoms with Crippen LogP contribution in [-0.2, 0) is 24.4 Å². The predicted molar refractivity (Wildman–Crippen MR) is 148 cm³/mol. The molecule has 2 aromatic carbocycles. The molecular weight excluding hydrogens is 525 g/mol. The number of aromatic nitrogens is 3. The molecule has 1 unspecified atom stereocenters. The zero-order valence-electron chi connectivity index (χ0n) is 22.5. The number of carboxylic acids is 1. The number of hydrogen-bond acceptors (Lipinski definition) is 7. The van der Waals surface area contributed by atoms with Crippen molar-refractivity contribution in [2.75, 3.05) is 19.7 Å². The minimum atomic E-state index is -1.06. The molecule has 0 saturated carbocycles. The number of likely N-dealkylation sites (tertiary alicyclic amines) is 1. The highest BCUT2D eigenvalue weighted by molar-refractivity contribution is 5.88. The molecule has 4 heterocycles. The molecule has 6 rings (SSSR count). The first-order chi connectivity index (χ1) is 20.0. The lowest BCUT2D eigenvalue weighted by Gasteiger charge is -2.32. The largest absolute Gasteiger partial charge is 0.489 e. The number of rotatable bonds is 9. The van der Waals surface area contributed by atoms with Gasteiger partial charge in [-0.1, -0.05) is 18.2 Å². The van der Waals surface area contributed by atoms with Gasteiger partial charge in [-0.25, -0.2) is 19.2 Å². The molecule has 4 aromatic rings. The Morgan fingerprint density at radius 1 is 1.12 bits per heavy atom. The van der Waals surface area contributed by atoms with Crippen LogP contribution in [0.15, 0.2) is 54.6 Å². The number of benzene rings is 2. The second-order valence-electron chi connectivity index (χ2n) is 10.6. The molecule has 0 amide bonds. The van der Waals surface area contributed by atoms with Gasteiger partial charge in [0.15, 0.2) is 11.3 Å². The Bertz CT molecular complexity index is 1620. The van der Waals surface area contributed by atoms with Crippen LogP contribution < -0.4 is 4.74 Å². The van der Waals surface area contributed by atoms with Crippen LogP contribution >= 0.6 is 0 Å². The van der Waals surface area contributed by atoms with E-state index in [1.807, 2.05) is 28.8 Å². The maximum Gasteiger partial charge on any atom is 0.354 e. The van der Waals surface area contributed by atoms with Gasteiger partial charge in [0.2, 0.25) is 0 Å². The molecule has 41 heavy (non-hydrogen) atoms. The van der Waals surface area contributed by atoms with Gasteiger partial charge in [0, 0.05) is 12.2 Å². The lowest BCUT2D eigenvalue weighted by molar-refractivity contribution is -0.0593. The molecule has 0 aliphatic carbocycles. The number of halogens is 1. The number of imidazole rings is 1. The zero-order valence-corrected chi connectivity index (χ0v) is 22.5. The van der Waals surface area contributed by atoms with Crippen molar-refractivity contribution in [3.8, 4) is 11.8 Å². The average Bonchev–Trinajstić information content (AvgIpc) is 3.30. The Balaban J connectivity index is 1.10. The first-order valence-corrected chi connectivity index (χ1v) is 13.8. The number of aromatic carboxylic acids is 1. The van der Waals surface area contributed by atoms with Crippen molar-refractivity contribution in [1.82, 2.24) is 19.4 Å². The standard InChI is InChI=1S/C31H30FN5O4/c32-26-14-20(16-33)4-5-23(26)19-41-24-3-1-2-22(15-24)21-8-11-36(12-9-21)18-29-34-27-6-7-28(31(38)39)35-30(27)37(29)17-25-10-13-40-25/h1-7,14-15,21,25H,8-13,17-19H2,(H,38,39). The first-order valence-electron chi connectivity index (χ1n) is 13.8. The molecule has 1 N–H and O–H groups in total. The van der Waals surface area contributed by atoms with Gasteiger partial charge in [0.1, 0.15) is 29.5 Å². The van der Waals surface area contributed by atoms with Crippen molar-refractivity contribution in [2.45, 2.75) is 51.0 Å². The molecule has 1 atom stereocenters. The maximum atomic E-state index is 14.2. The summed E-state index contributed by atoms with van der Waals surface area (Å²) in [4.78, 5) is 23.1. The maximum absolute atomic E-state index is 14.2. The van der Waals surface area contributed by atoms with Crippen molar-refractivity contribution in [1.29, 1.82) is 5.26 Å². The van der Waals surface area contributed by atoms with Crippen LogP contribution in [0.25, 0.3) is 11.2 Å². The van der Waals surface area contributed by atoms with Gasteiger partial charge >= 0.3 is 5.97 Å². The third-order valence-corrected chi connectivity index (χ3v) is 7.93. The van der Waals surface area contributed by atoms with Crippen LogP contribution in [0.4, 0.5) is 4.39 Å². The summed E-state index contributed by atoms with van der Waals surface area (Å²) in [5.74, 6) is 0.435. The summed E-state index contributed by atoms with van der Waals surface area (Å²) in [7, 11) is 0. The van der Waals surface area contributed by atoms with E-state index in [0.717, 1.165) is 44.8 Å². The van der Waals surface area contributed by atoms with E-state index in [1.54, 1.807) is 18.2 Å². The fourth-order valence-corrected chi connectivity index (χ4v) is 5.49. The minimum Gasteiger partial charge on any atom is -0.489 e. The summed E-state index contributed by atoms with van der Waals surface area (Å²) in [6.07, 6.45) is 3.01. The molecule has 2 aliphatic heterocycles. The number of ether oxygens (including phenoxy) is 2. The number of carboxylic acid groups (broad SMARTS) is 1. The van der Waals surface area contributed by atoms with E-state index in [4.69, 9.17) is 19.7 Å². The molecule has 210 valence electrons. The van der Waals surface area contributed by atoms with Gasteiger partial charge < -0.3 is 19.1 Å². The van der Waals surface area contributed by atoms with E-state index in [9.17, 15) is 14.3 Å². The van der Waals surface area contributed by atoms with Crippen molar-refractivity contribution in [3.05, 3.63) is 88.6 Å². The van der Waals surface area contributed by atoms with Gasteiger partial charge in [0.25, 0.3) is 0 Å². The monoisotopic (exact) mass is 555 g/mol. The van der Waals surface area contributed by atoms with Crippen molar-refractivity contribution >= 4 is 17.1 Å². The summed E-state index contributed by atoms with van der Waals surface area (Å²) in [6, 6.07) is 17.5. The van der Waals surface area contributed by atoms with Crippen LogP contribution in [0.5, 0.6) is 5.75 Å². The number of nitriles is 1. The second-order valence-corrected chi connectivity index (χ2v) is 10.6. The Morgan fingerprint density at radius 3 is 2.66 bits per heavy atom. The van der Waals surface area contributed by atoms with Crippen LogP contribution in [0, 0.1) is 17.1 Å². The van der Waals surface area contributed by atoms with Crippen LogP contribution in [0.2, 0.25) is 0 Å². The molecule has 9 nitrogen and oxygen atoms in total. The van der Waals surface area contributed by atoms with E-state index in [-0.39, 0.29) is 24.0 Å². The van der Waals surface area contributed by atoms with Crippen LogP contribution in [-0.4, -0.2) is 56.3 Å². The molecule has 2 aromatic heterocycles. The lowest BCUT2D eigenvalue weighted by atomic mass is 9.89. The van der Waals surface area contributed by atoms with Gasteiger partial charge in [0.05, 0.1) is 30.8 Å². The molecule has 2 saturated heterocycles. The Labute approximate surface area is 236 Å². The highest BCUT2D eigenvalue weighted by Crippen LogP contribution is 2.31. The van der Waals surface area contributed by atoms with Crippen molar-refractivity contribution in [3.63, 3.8) is 0 Å². The Hall–Kier alpha value is -4.33. The molecule has 10 heteroatoms. The number of fused-ring (bicyclic) bond motifs is 1. The lowest BCUT2D eigenvalue weighted by Crippen LogP contribution is -2.35. The summed E-state index contributed by atoms with van der Waals surface area (Å²) in [6.45, 7) is 3.88. The highest BCUT2D eigenvalue weighted by Gasteiger charge is 2.26. The van der Waals surface area contributed by atoms with E-state index in [0.29, 0.717) is 41.5 Å². The quantitative estimate of drug-likeness (QED) is 0.311. The predicted octanol–water partition coefficient (Wildman–Crippen LogP) is 4.89. The van der Waals surface area contributed by atoms with Crippen LogP contribution in [0.1, 0.15) is 58.2 Å². The summed E-state index contributed by atoms with van der Waals surface area (Å²) >= 11 is 0. The number of piperidine rings is 1. The van der Waals surface area contributed by atoms with Gasteiger partial charge in [-0.05, 0) is 80.2 Å². The SMILES string of the molecule is N#Cc1ccc(COc2cccc(C3CCN(Cc4nc5ccc(C(=O)O)nc5n4CC4CCO4)CC3)c2)c(F)c1. The van der Waals surface area contributed by atoms with E-state index in [1.165, 1.54) is 17.7 Å². The molecule has 0 radical (unpaired) electrons. The third-order valence-electron chi connectivity index (χ3n) is 7.93. The van der Waals surface area contributed by atoms with Crippen molar-refractivity contribution in [2.24, 2.45) is 0 Å².